The summed E-state index contributed by atoms with van der Waals surface area (Å²) in [6.07, 6.45) is 13.2. The summed E-state index contributed by atoms with van der Waals surface area (Å²) in [5, 5.41) is 0. The van der Waals surface area contributed by atoms with Crippen LogP contribution in [-0.4, -0.2) is 25.7 Å². The van der Waals surface area contributed by atoms with Gasteiger partial charge in [0, 0.05) is 12.5 Å². The predicted molar refractivity (Wildman–Crippen MR) is 87.1 cm³/mol. The van der Waals surface area contributed by atoms with Crippen molar-refractivity contribution in [3.05, 3.63) is 12.2 Å². The molecule has 4 nitrogen and oxygen atoms in total. The molecule has 0 aromatic rings. The maximum atomic E-state index is 11.0. The Hall–Kier alpha value is -0.870. The van der Waals surface area contributed by atoms with Gasteiger partial charge in [0.2, 0.25) is 0 Å². The SMILES string of the molecule is CCCONC1[C@H]2CC[C@H](C2)[C@@H]1C/C=C\CCCC(=O)OC. The lowest BCUT2D eigenvalue weighted by Gasteiger charge is -2.30. The molecule has 0 saturated heterocycles. The van der Waals surface area contributed by atoms with E-state index in [0.717, 1.165) is 44.1 Å². The number of carbonyl (C=O) groups is 1. The molecule has 2 fully saturated rings. The van der Waals surface area contributed by atoms with Gasteiger partial charge in [0.15, 0.2) is 0 Å². The van der Waals surface area contributed by atoms with Crippen molar-refractivity contribution < 1.29 is 14.4 Å². The van der Waals surface area contributed by atoms with Gasteiger partial charge in [-0.25, -0.2) is 0 Å². The second-order valence-electron chi connectivity index (χ2n) is 6.66. The molecule has 0 radical (unpaired) electrons. The van der Waals surface area contributed by atoms with Crippen molar-refractivity contribution in [2.75, 3.05) is 13.7 Å². The van der Waals surface area contributed by atoms with Crippen LogP contribution < -0.4 is 5.48 Å². The highest BCUT2D eigenvalue weighted by molar-refractivity contribution is 5.68. The van der Waals surface area contributed by atoms with Crippen LogP contribution in [0.25, 0.3) is 0 Å². The van der Waals surface area contributed by atoms with E-state index < -0.39 is 0 Å². The molecular weight excluding hydrogens is 278 g/mol. The topological polar surface area (TPSA) is 47.6 Å². The van der Waals surface area contributed by atoms with Crippen LogP contribution in [-0.2, 0) is 14.4 Å². The summed E-state index contributed by atoms with van der Waals surface area (Å²) in [4.78, 5) is 16.6. The van der Waals surface area contributed by atoms with Crippen LogP contribution in [0.2, 0.25) is 0 Å². The molecule has 2 saturated carbocycles. The first-order valence-corrected chi connectivity index (χ1v) is 8.85. The van der Waals surface area contributed by atoms with Crippen LogP contribution in [0.15, 0.2) is 12.2 Å². The van der Waals surface area contributed by atoms with Crippen LogP contribution in [0.4, 0.5) is 0 Å². The molecule has 22 heavy (non-hydrogen) atoms. The predicted octanol–water partition coefficient (Wildman–Crippen LogP) is 3.62. The number of hydroxylamine groups is 1. The van der Waals surface area contributed by atoms with Gasteiger partial charge in [-0.15, -0.1) is 0 Å². The smallest absolute Gasteiger partial charge is 0.305 e. The van der Waals surface area contributed by atoms with E-state index in [1.54, 1.807) is 0 Å². The normalized spacial score (nSPS) is 30.3. The molecule has 4 atom stereocenters. The van der Waals surface area contributed by atoms with E-state index in [1.807, 2.05) is 0 Å². The Kier molecular flexibility index (Phi) is 7.40. The van der Waals surface area contributed by atoms with Gasteiger partial charge in [0.05, 0.1) is 13.7 Å². The lowest BCUT2D eigenvalue weighted by atomic mass is 9.82. The monoisotopic (exact) mass is 309 g/mol. The van der Waals surface area contributed by atoms with E-state index in [-0.39, 0.29) is 5.97 Å². The third-order valence-electron chi connectivity index (χ3n) is 5.17. The molecule has 4 heteroatoms. The van der Waals surface area contributed by atoms with Crippen molar-refractivity contribution in [2.24, 2.45) is 17.8 Å². The number of allylic oxidation sites excluding steroid dienone is 2. The number of ether oxygens (including phenoxy) is 1. The van der Waals surface area contributed by atoms with E-state index in [0.29, 0.717) is 18.4 Å². The summed E-state index contributed by atoms with van der Waals surface area (Å²) in [6.45, 7) is 2.93. The van der Waals surface area contributed by atoms with E-state index in [4.69, 9.17) is 4.84 Å². The summed E-state index contributed by atoms with van der Waals surface area (Å²) < 4.78 is 4.65. The van der Waals surface area contributed by atoms with Crippen molar-refractivity contribution >= 4 is 5.97 Å². The fourth-order valence-corrected chi connectivity index (χ4v) is 4.03. The van der Waals surface area contributed by atoms with E-state index >= 15 is 0 Å². The zero-order valence-corrected chi connectivity index (χ0v) is 14.1. The average molecular weight is 309 g/mol. The van der Waals surface area contributed by atoms with Crippen molar-refractivity contribution in [3.63, 3.8) is 0 Å². The van der Waals surface area contributed by atoms with Crippen molar-refractivity contribution in [2.45, 2.75) is 64.3 Å². The number of carbonyl (C=O) groups excluding carboxylic acids is 1. The van der Waals surface area contributed by atoms with Crippen LogP contribution in [0.3, 0.4) is 0 Å². The Bertz CT molecular complexity index is 369. The maximum Gasteiger partial charge on any atom is 0.305 e. The van der Waals surface area contributed by atoms with Crippen molar-refractivity contribution in [3.8, 4) is 0 Å². The average Bonchev–Trinajstić information content (AvgIpc) is 3.12. The van der Waals surface area contributed by atoms with Crippen molar-refractivity contribution in [1.82, 2.24) is 5.48 Å². The molecule has 126 valence electrons. The highest BCUT2D eigenvalue weighted by atomic mass is 16.6. The molecule has 2 aliphatic rings. The van der Waals surface area contributed by atoms with Crippen LogP contribution >= 0.6 is 0 Å². The number of esters is 1. The molecule has 1 N–H and O–H groups in total. The molecule has 0 aromatic carbocycles. The summed E-state index contributed by atoms with van der Waals surface area (Å²) in [5.74, 6) is 2.28. The molecule has 0 aromatic heterocycles. The molecule has 2 bridgehead atoms. The van der Waals surface area contributed by atoms with Crippen LogP contribution in [0.5, 0.6) is 0 Å². The van der Waals surface area contributed by atoms with E-state index in [2.05, 4.69) is 29.3 Å². The number of hydrogen-bond donors (Lipinski definition) is 1. The molecule has 2 rings (SSSR count). The standard InChI is InChI=1S/C18H31NO3/c1-3-12-22-19-18-15-11-10-14(13-15)16(18)8-6-4-5-7-9-17(20)21-2/h4,6,14-16,18-19H,3,5,7-13H2,1-2H3/b6-4-/t14-,15+,16+,18?/m1/s1. The zero-order valence-electron chi connectivity index (χ0n) is 14.1. The fourth-order valence-electron chi connectivity index (χ4n) is 4.03. The Morgan fingerprint density at radius 3 is 2.86 bits per heavy atom. The van der Waals surface area contributed by atoms with Crippen LogP contribution in [0.1, 0.15) is 58.3 Å². The number of rotatable bonds is 10. The fraction of sp³-hybridized carbons (Fsp3) is 0.833. The van der Waals surface area contributed by atoms with Gasteiger partial charge in [0.25, 0.3) is 0 Å². The molecule has 0 amide bonds. The van der Waals surface area contributed by atoms with Gasteiger partial charge in [0.1, 0.15) is 0 Å². The Morgan fingerprint density at radius 1 is 1.27 bits per heavy atom. The van der Waals surface area contributed by atoms with E-state index in [9.17, 15) is 4.79 Å². The highest BCUT2D eigenvalue weighted by Crippen LogP contribution is 2.49. The van der Waals surface area contributed by atoms with Gasteiger partial charge in [-0.2, -0.15) is 5.48 Å². The Morgan fingerprint density at radius 2 is 2.09 bits per heavy atom. The first-order chi connectivity index (χ1) is 10.8. The second-order valence-corrected chi connectivity index (χ2v) is 6.66. The molecule has 2 aliphatic carbocycles. The maximum absolute atomic E-state index is 11.0. The lowest BCUT2D eigenvalue weighted by Crippen LogP contribution is -2.40. The summed E-state index contributed by atoms with van der Waals surface area (Å²) >= 11 is 0. The van der Waals surface area contributed by atoms with Gasteiger partial charge < -0.3 is 9.57 Å². The Labute approximate surface area is 134 Å². The number of methoxy groups -OCH3 is 1. The molecule has 0 aliphatic heterocycles. The minimum absolute atomic E-state index is 0.112. The van der Waals surface area contributed by atoms with E-state index in [1.165, 1.54) is 26.4 Å². The highest BCUT2D eigenvalue weighted by Gasteiger charge is 2.46. The van der Waals surface area contributed by atoms with Crippen molar-refractivity contribution in [1.29, 1.82) is 0 Å². The number of fused-ring (bicyclic) bond motifs is 2. The first kappa shape index (κ1) is 17.5. The van der Waals surface area contributed by atoms with Gasteiger partial charge >= 0.3 is 5.97 Å². The van der Waals surface area contributed by atoms with Gasteiger partial charge in [-0.05, 0) is 62.7 Å². The van der Waals surface area contributed by atoms with Gasteiger partial charge in [-0.3, -0.25) is 4.79 Å². The van der Waals surface area contributed by atoms with Crippen LogP contribution in [0, 0.1) is 17.8 Å². The second kappa shape index (κ2) is 9.31. The summed E-state index contributed by atoms with van der Waals surface area (Å²) in [6, 6.07) is 0.532. The quantitative estimate of drug-likeness (QED) is 0.290. The Balaban J connectivity index is 1.69. The number of unbranched alkanes of at least 4 members (excludes halogenated alkanes) is 1. The number of hydrogen-bond acceptors (Lipinski definition) is 4. The first-order valence-electron chi connectivity index (χ1n) is 8.85. The molecule has 0 heterocycles. The third-order valence-corrected chi connectivity index (χ3v) is 5.17. The molecular formula is C18H31NO3. The summed E-state index contributed by atoms with van der Waals surface area (Å²) in [5.41, 5.74) is 3.34. The summed E-state index contributed by atoms with van der Waals surface area (Å²) in [7, 11) is 1.45. The largest absolute Gasteiger partial charge is 0.469 e. The minimum atomic E-state index is -0.112. The van der Waals surface area contributed by atoms with Gasteiger partial charge in [-0.1, -0.05) is 19.1 Å². The molecule has 0 spiro atoms. The lowest BCUT2D eigenvalue weighted by molar-refractivity contribution is -0.140. The number of nitrogens with one attached hydrogen (secondary N) is 1. The third kappa shape index (κ3) is 4.82. The molecule has 1 unspecified atom stereocenters. The zero-order chi connectivity index (χ0) is 15.8. The minimum Gasteiger partial charge on any atom is -0.469 e.